The van der Waals surface area contributed by atoms with Gasteiger partial charge in [-0.3, -0.25) is 4.98 Å². The molecule has 2 aromatic rings. The Morgan fingerprint density at radius 1 is 1.35 bits per heavy atom. The molecule has 1 N–H and O–H groups in total. The van der Waals surface area contributed by atoms with Crippen LogP contribution in [0.4, 0.5) is 0 Å². The van der Waals surface area contributed by atoms with Crippen LogP contribution in [0.1, 0.15) is 36.0 Å². The summed E-state index contributed by atoms with van der Waals surface area (Å²) in [6.45, 7) is 6.57. The first-order valence-corrected chi connectivity index (χ1v) is 5.74. The van der Waals surface area contributed by atoms with E-state index in [-0.39, 0.29) is 6.04 Å². The number of oxazole rings is 1. The molecule has 0 aliphatic carbocycles. The average molecular weight is 231 g/mol. The lowest BCUT2D eigenvalue weighted by Crippen LogP contribution is -2.19. The van der Waals surface area contributed by atoms with E-state index in [1.165, 1.54) is 0 Å². The van der Waals surface area contributed by atoms with Crippen molar-refractivity contribution in [1.82, 2.24) is 15.3 Å². The summed E-state index contributed by atoms with van der Waals surface area (Å²) < 4.78 is 5.51. The van der Waals surface area contributed by atoms with Crippen molar-refractivity contribution in [2.45, 2.75) is 33.4 Å². The monoisotopic (exact) mass is 231 g/mol. The summed E-state index contributed by atoms with van der Waals surface area (Å²) in [4.78, 5) is 8.63. The Labute approximate surface area is 101 Å². The fourth-order valence-corrected chi connectivity index (χ4v) is 1.59. The number of nitrogens with one attached hydrogen (secondary N) is 1. The van der Waals surface area contributed by atoms with Gasteiger partial charge in [-0.05, 0) is 32.9 Å². The van der Waals surface area contributed by atoms with E-state index < -0.39 is 0 Å². The summed E-state index contributed by atoms with van der Waals surface area (Å²) in [7, 11) is 0. The third-order valence-corrected chi connectivity index (χ3v) is 2.76. The zero-order valence-corrected chi connectivity index (χ0v) is 10.4. The van der Waals surface area contributed by atoms with Gasteiger partial charge in [0.2, 0.25) is 5.89 Å². The lowest BCUT2D eigenvalue weighted by Gasteiger charge is -2.11. The summed E-state index contributed by atoms with van der Waals surface area (Å²) in [5.74, 6) is 1.61. The summed E-state index contributed by atoms with van der Waals surface area (Å²) in [5.41, 5.74) is 1.97. The molecule has 0 aliphatic heterocycles. The zero-order chi connectivity index (χ0) is 12.3. The molecular weight excluding hydrogens is 214 g/mol. The first-order valence-electron chi connectivity index (χ1n) is 5.74. The van der Waals surface area contributed by atoms with Crippen LogP contribution in [0.25, 0.3) is 0 Å². The van der Waals surface area contributed by atoms with Crippen molar-refractivity contribution in [3.63, 3.8) is 0 Å². The van der Waals surface area contributed by atoms with Crippen molar-refractivity contribution in [3.05, 3.63) is 47.4 Å². The molecule has 4 heteroatoms. The molecule has 0 spiro atoms. The maximum atomic E-state index is 5.51. The van der Waals surface area contributed by atoms with Crippen LogP contribution < -0.4 is 5.32 Å². The lowest BCUT2D eigenvalue weighted by molar-refractivity contribution is 0.430. The van der Waals surface area contributed by atoms with Gasteiger partial charge in [-0.1, -0.05) is 6.07 Å². The van der Waals surface area contributed by atoms with Crippen LogP contribution in [-0.2, 0) is 6.54 Å². The topological polar surface area (TPSA) is 51.0 Å². The maximum Gasteiger partial charge on any atom is 0.208 e. The largest absolute Gasteiger partial charge is 0.444 e. The average Bonchev–Trinajstić information content (AvgIpc) is 2.67. The van der Waals surface area contributed by atoms with E-state index in [1.54, 1.807) is 6.20 Å². The minimum absolute atomic E-state index is 0.184. The smallest absolute Gasteiger partial charge is 0.208 e. The van der Waals surface area contributed by atoms with Crippen molar-refractivity contribution >= 4 is 0 Å². The van der Waals surface area contributed by atoms with Gasteiger partial charge in [-0.2, -0.15) is 0 Å². The first kappa shape index (κ1) is 11.8. The molecule has 0 unspecified atom stereocenters. The van der Waals surface area contributed by atoms with Crippen molar-refractivity contribution < 1.29 is 4.42 Å². The predicted molar refractivity (Wildman–Crippen MR) is 65.5 cm³/mol. The number of pyridine rings is 1. The minimum atomic E-state index is 0.184. The summed E-state index contributed by atoms with van der Waals surface area (Å²) >= 11 is 0. The van der Waals surface area contributed by atoms with Gasteiger partial charge in [0.05, 0.1) is 17.9 Å². The van der Waals surface area contributed by atoms with E-state index in [2.05, 4.69) is 22.2 Å². The summed E-state index contributed by atoms with van der Waals surface area (Å²) in [6.07, 6.45) is 1.80. The van der Waals surface area contributed by atoms with Crippen LogP contribution in [0, 0.1) is 13.8 Å². The lowest BCUT2D eigenvalue weighted by atomic mass is 10.2. The second-order valence-corrected chi connectivity index (χ2v) is 4.11. The van der Waals surface area contributed by atoms with Crippen LogP contribution in [0.3, 0.4) is 0 Å². The molecule has 0 bridgehead atoms. The SMILES string of the molecule is Cc1nc(CN[C@H](C)c2ccccn2)oc1C. The molecule has 0 saturated heterocycles. The molecular formula is C13H17N3O. The molecule has 1 atom stereocenters. The number of rotatable bonds is 4. The van der Waals surface area contributed by atoms with Gasteiger partial charge in [0.1, 0.15) is 5.76 Å². The third kappa shape index (κ3) is 2.91. The quantitative estimate of drug-likeness (QED) is 0.878. The van der Waals surface area contributed by atoms with Gasteiger partial charge in [0.25, 0.3) is 0 Å². The highest BCUT2D eigenvalue weighted by Gasteiger charge is 2.09. The molecule has 2 aromatic heterocycles. The van der Waals surface area contributed by atoms with E-state index in [4.69, 9.17) is 4.42 Å². The minimum Gasteiger partial charge on any atom is -0.444 e. The second-order valence-electron chi connectivity index (χ2n) is 4.11. The fraction of sp³-hybridized carbons (Fsp3) is 0.385. The fourth-order valence-electron chi connectivity index (χ4n) is 1.59. The molecule has 0 aliphatic rings. The Bertz CT molecular complexity index is 459. The molecule has 2 rings (SSSR count). The van der Waals surface area contributed by atoms with E-state index in [0.29, 0.717) is 6.54 Å². The van der Waals surface area contributed by atoms with Crippen LogP contribution in [0.2, 0.25) is 0 Å². The normalized spacial score (nSPS) is 12.6. The number of hydrogen-bond acceptors (Lipinski definition) is 4. The van der Waals surface area contributed by atoms with Gasteiger partial charge in [-0.25, -0.2) is 4.98 Å². The Hall–Kier alpha value is -1.68. The van der Waals surface area contributed by atoms with Crippen LogP contribution in [-0.4, -0.2) is 9.97 Å². The Balaban J connectivity index is 1.94. The second kappa shape index (κ2) is 5.10. The van der Waals surface area contributed by atoms with Gasteiger partial charge in [-0.15, -0.1) is 0 Å². The summed E-state index contributed by atoms with van der Waals surface area (Å²) in [5, 5.41) is 3.34. The third-order valence-electron chi connectivity index (χ3n) is 2.76. The molecule has 17 heavy (non-hydrogen) atoms. The van der Waals surface area contributed by atoms with Crippen molar-refractivity contribution in [2.24, 2.45) is 0 Å². The Morgan fingerprint density at radius 3 is 2.76 bits per heavy atom. The highest BCUT2D eigenvalue weighted by atomic mass is 16.4. The van der Waals surface area contributed by atoms with Gasteiger partial charge in [0.15, 0.2) is 0 Å². The highest BCUT2D eigenvalue weighted by Crippen LogP contribution is 2.11. The molecule has 0 fully saturated rings. The maximum absolute atomic E-state index is 5.51. The summed E-state index contributed by atoms with van der Waals surface area (Å²) in [6, 6.07) is 6.09. The van der Waals surface area contributed by atoms with Gasteiger partial charge in [0, 0.05) is 12.2 Å². The van der Waals surface area contributed by atoms with Crippen LogP contribution >= 0.6 is 0 Å². The molecule has 0 saturated carbocycles. The zero-order valence-electron chi connectivity index (χ0n) is 10.4. The van der Waals surface area contributed by atoms with Crippen molar-refractivity contribution in [3.8, 4) is 0 Å². The highest BCUT2D eigenvalue weighted by molar-refractivity contribution is 5.08. The first-order chi connectivity index (χ1) is 8.16. The molecule has 0 amide bonds. The standard InChI is InChI=1S/C13H17N3O/c1-9-11(3)17-13(16-9)8-15-10(2)12-6-4-5-7-14-12/h4-7,10,15H,8H2,1-3H3/t10-/m1/s1. The molecule has 0 radical (unpaired) electrons. The van der Waals surface area contributed by atoms with Gasteiger partial charge >= 0.3 is 0 Å². The molecule has 0 aromatic carbocycles. The number of aromatic nitrogens is 2. The predicted octanol–water partition coefficient (Wildman–Crippen LogP) is 2.54. The Morgan fingerprint density at radius 2 is 2.18 bits per heavy atom. The van der Waals surface area contributed by atoms with E-state index >= 15 is 0 Å². The Kier molecular flexibility index (Phi) is 3.54. The van der Waals surface area contributed by atoms with E-state index in [0.717, 1.165) is 23.0 Å². The van der Waals surface area contributed by atoms with Crippen LogP contribution in [0.5, 0.6) is 0 Å². The number of hydrogen-bond donors (Lipinski definition) is 1. The van der Waals surface area contributed by atoms with E-state index in [9.17, 15) is 0 Å². The molecule has 4 nitrogen and oxygen atoms in total. The van der Waals surface area contributed by atoms with E-state index in [1.807, 2.05) is 32.0 Å². The van der Waals surface area contributed by atoms with Crippen molar-refractivity contribution in [1.29, 1.82) is 0 Å². The van der Waals surface area contributed by atoms with Crippen molar-refractivity contribution in [2.75, 3.05) is 0 Å². The molecule has 2 heterocycles. The molecule has 90 valence electrons. The number of aryl methyl sites for hydroxylation is 2. The van der Waals surface area contributed by atoms with Crippen LogP contribution in [0.15, 0.2) is 28.8 Å². The van der Waals surface area contributed by atoms with Gasteiger partial charge < -0.3 is 9.73 Å². The number of nitrogens with zero attached hydrogens (tertiary/aromatic N) is 2.